The SMILES string of the molecule is CC1(C(=O)N2CCC(C3OCCO3)CC2)Cc2ccccc2C(=O)O1. The van der Waals surface area contributed by atoms with Gasteiger partial charge in [-0.3, -0.25) is 4.79 Å². The predicted octanol–water partition coefficient (Wildman–Crippen LogP) is 1.77. The van der Waals surface area contributed by atoms with Crippen LogP contribution in [0.15, 0.2) is 24.3 Å². The van der Waals surface area contributed by atoms with Gasteiger partial charge in [-0.05, 0) is 31.4 Å². The summed E-state index contributed by atoms with van der Waals surface area (Å²) in [5.74, 6) is -0.198. The summed E-state index contributed by atoms with van der Waals surface area (Å²) in [4.78, 5) is 27.1. The standard InChI is InChI=1S/C19H23NO5/c1-19(12-14-4-2-3-5-15(14)16(21)25-19)18(22)20-8-6-13(7-9-20)17-23-10-11-24-17/h2-5,13,17H,6-12H2,1H3. The molecule has 25 heavy (non-hydrogen) atoms. The number of amides is 1. The third kappa shape index (κ3) is 3.04. The van der Waals surface area contributed by atoms with Crippen LogP contribution in [0.4, 0.5) is 0 Å². The normalized spacial score (nSPS) is 27.9. The lowest BCUT2D eigenvalue weighted by Crippen LogP contribution is -2.55. The first-order valence-corrected chi connectivity index (χ1v) is 8.91. The molecule has 4 rings (SSSR count). The van der Waals surface area contributed by atoms with E-state index in [-0.39, 0.29) is 12.2 Å². The summed E-state index contributed by atoms with van der Waals surface area (Å²) in [6.07, 6.45) is 1.98. The van der Waals surface area contributed by atoms with E-state index in [1.165, 1.54) is 0 Å². The molecule has 0 aliphatic carbocycles. The molecule has 6 heteroatoms. The number of carbonyl (C=O) groups excluding carboxylic acids is 2. The Bertz CT molecular complexity index is 676. The summed E-state index contributed by atoms with van der Waals surface area (Å²) in [7, 11) is 0. The number of benzene rings is 1. The van der Waals surface area contributed by atoms with Gasteiger partial charge < -0.3 is 19.1 Å². The molecule has 6 nitrogen and oxygen atoms in total. The maximum absolute atomic E-state index is 13.0. The average Bonchev–Trinajstić information content (AvgIpc) is 3.16. The molecule has 0 saturated carbocycles. The number of likely N-dealkylation sites (tertiary alicyclic amines) is 1. The highest BCUT2D eigenvalue weighted by Gasteiger charge is 2.45. The van der Waals surface area contributed by atoms with Crippen molar-refractivity contribution in [3.05, 3.63) is 35.4 Å². The number of ether oxygens (including phenoxy) is 3. The molecule has 0 bridgehead atoms. The molecule has 0 N–H and O–H groups in total. The largest absolute Gasteiger partial charge is 0.445 e. The topological polar surface area (TPSA) is 65.1 Å². The summed E-state index contributed by atoms with van der Waals surface area (Å²) in [5, 5.41) is 0. The number of rotatable bonds is 2. The van der Waals surface area contributed by atoms with Crippen molar-refractivity contribution in [2.45, 2.75) is 38.1 Å². The van der Waals surface area contributed by atoms with E-state index in [1.54, 1.807) is 13.0 Å². The highest BCUT2D eigenvalue weighted by molar-refractivity contribution is 5.97. The second-order valence-electron chi connectivity index (χ2n) is 7.19. The lowest BCUT2D eigenvalue weighted by molar-refractivity contribution is -0.155. The molecular formula is C19H23NO5. The van der Waals surface area contributed by atoms with Crippen LogP contribution in [0.3, 0.4) is 0 Å². The summed E-state index contributed by atoms with van der Waals surface area (Å²) < 4.78 is 16.7. The highest BCUT2D eigenvalue weighted by Crippen LogP contribution is 2.32. The Labute approximate surface area is 147 Å². The van der Waals surface area contributed by atoms with Gasteiger partial charge in [0.1, 0.15) is 0 Å². The molecule has 0 aromatic heterocycles. The molecule has 3 heterocycles. The first-order chi connectivity index (χ1) is 12.1. The van der Waals surface area contributed by atoms with Gasteiger partial charge in [0.05, 0.1) is 18.8 Å². The summed E-state index contributed by atoms with van der Waals surface area (Å²) in [5.41, 5.74) is 0.304. The van der Waals surface area contributed by atoms with Gasteiger partial charge in [-0.1, -0.05) is 18.2 Å². The van der Waals surface area contributed by atoms with Crippen molar-refractivity contribution >= 4 is 11.9 Å². The fourth-order valence-electron chi connectivity index (χ4n) is 4.01. The second-order valence-corrected chi connectivity index (χ2v) is 7.19. The molecular weight excluding hydrogens is 322 g/mol. The van der Waals surface area contributed by atoms with Crippen LogP contribution >= 0.6 is 0 Å². The molecule has 1 aromatic rings. The molecule has 0 radical (unpaired) electrons. The number of hydrogen-bond acceptors (Lipinski definition) is 5. The van der Waals surface area contributed by atoms with Crippen molar-refractivity contribution < 1.29 is 23.8 Å². The molecule has 1 amide bonds. The van der Waals surface area contributed by atoms with E-state index in [0.717, 1.165) is 18.4 Å². The zero-order chi connectivity index (χ0) is 17.4. The van der Waals surface area contributed by atoms with Gasteiger partial charge in [-0.25, -0.2) is 4.79 Å². The molecule has 1 unspecified atom stereocenters. The van der Waals surface area contributed by atoms with Crippen LogP contribution in [-0.2, 0) is 25.4 Å². The van der Waals surface area contributed by atoms with Crippen LogP contribution in [0, 0.1) is 5.92 Å². The van der Waals surface area contributed by atoms with Crippen LogP contribution in [0.5, 0.6) is 0 Å². The first kappa shape index (κ1) is 16.5. The summed E-state index contributed by atoms with van der Waals surface area (Å²) in [6, 6.07) is 7.33. The number of cyclic esters (lactones) is 1. The van der Waals surface area contributed by atoms with Crippen LogP contribution in [-0.4, -0.2) is 55.0 Å². The van der Waals surface area contributed by atoms with E-state index in [0.29, 0.717) is 44.2 Å². The van der Waals surface area contributed by atoms with E-state index in [4.69, 9.17) is 14.2 Å². The van der Waals surface area contributed by atoms with Gasteiger partial charge >= 0.3 is 5.97 Å². The van der Waals surface area contributed by atoms with E-state index < -0.39 is 11.6 Å². The Hall–Kier alpha value is -1.92. The zero-order valence-electron chi connectivity index (χ0n) is 14.4. The number of carbonyl (C=O) groups is 2. The third-order valence-corrected chi connectivity index (χ3v) is 5.39. The summed E-state index contributed by atoms with van der Waals surface area (Å²) >= 11 is 0. The van der Waals surface area contributed by atoms with Gasteiger partial charge in [-0.15, -0.1) is 0 Å². The van der Waals surface area contributed by atoms with Gasteiger partial charge in [0, 0.05) is 25.4 Å². The van der Waals surface area contributed by atoms with Gasteiger partial charge in [-0.2, -0.15) is 0 Å². The van der Waals surface area contributed by atoms with E-state index >= 15 is 0 Å². The van der Waals surface area contributed by atoms with Crippen molar-refractivity contribution in [2.24, 2.45) is 5.92 Å². The minimum absolute atomic E-state index is 0.109. The third-order valence-electron chi connectivity index (χ3n) is 5.39. The van der Waals surface area contributed by atoms with Crippen LogP contribution in [0.1, 0.15) is 35.7 Å². The van der Waals surface area contributed by atoms with Crippen LogP contribution in [0.2, 0.25) is 0 Å². The van der Waals surface area contributed by atoms with E-state index in [2.05, 4.69) is 0 Å². The minimum atomic E-state index is -1.13. The Morgan fingerprint density at radius 3 is 2.56 bits per heavy atom. The van der Waals surface area contributed by atoms with Crippen molar-refractivity contribution in [3.8, 4) is 0 Å². The molecule has 2 saturated heterocycles. The molecule has 3 aliphatic heterocycles. The Balaban J connectivity index is 1.44. The quantitative estimate of drug-likeness (QED) is 0.765. The predicted molar refractivity (Wildman–Crippen MR) is 89.0 cm³/mol. The fourth-order valence-corrected chi connectivity index (χ4v) is 4.01. The first-order valence-electron chi connectivity index (χ1n) is 8.91. The lowest BCUT2D eigenvalue weighted by atomic mass is 9.87. The smallest absolute Gasteiger partial charge is 0.339 e. The van der Waals surface area contributed by atoms with Crippen LogP contribution < -0.4 is 0 Å². The fraction of sp³-hybridized carbons (Fsp3) is 0.579. The van der Waals surface area contributed by atoms with Gasteiger partial charge in [0.25, 0.3) is 5.91 Å². The molecule has 134 valence electrons. The van der Waals surface area contributed by atoms with Crippen LogP contribution in [0.25, 0.3) is 0 Å². The number of esters is 1. The number of nitrogens with zero attached hydrogens (tertiary/aromatic N) is 1. The monoisotopic (exact) mass is 345 g/mol. The molecule has 2 fully saturated rings. The highest BCUT2D eigenvalue weighted by atomic mass is 16.7. The zero-order valence-corrected chi connectivity index (χ0v) is 14.4. The number of hydrogen-bond donors (Lipinski definition) is 0. The molecule has 0 spiro atoms. The Kier molecular flexibility index (Phi) is 4.25. The molecule has 1 atom stereocenters. The summed E-state index contributed by atoms with van der Waals surface area (Å²) in [6.45, 7) is 4.30. The maximum atomic E-state index is 13.0. The van der Waals surface area contributed by atoms with Crippen molar-refractivity contribution in [3.63, 3.8) is 0 Å². The van der Waals surface area contributed by atoms with Crippen molar-refractivity contribution in [2.75, 3.05) is 26.3 Å². The van der Waals surface area contributed by atoms with E-state index in [9.17, 15) is 9.59 Å². The Morgan fingerprint density at radius 1 is 1.16 bits per heavy atom. The average molecular weight is 345 g/mol. The lowest BCUT2D eigenvalue weighted by Gasteiger charge is -2.40. The molecule has 1 aromatic carbocycles. The number of piperidine rings is 1. The molecule has 3 aliphatic rings. The minimum Gasteiger partial charge on any atom is -0.445 e. The van der Waals surface area contributed by atoms with Crippen molar-refractivity contribution in [1.82, 2.24) is 4.90 Å². The maximum Gasteiger partial charge on any atom is 0.339 e. The Morgan fingerprint density at radius 2 is 1.84 bits per heavy atom. The van der Waals surface area contributed by atoms with Crippen molar-refractivity contribution in [1.29, 1.82) is 0 Å². The van der Waals surface area contributed by atoms with E-state index in [1.807, 2.05) is 23.1 Å². The second kappa shape index (κ2) is 6.42. The number of fused-ring (bicyclic) bond motifs is 1. The van der Waals surface area contributed by atoms with Gasteiger partial charge in [0.15, 0.2) is 11.9 Å². The van der Waals surface area contributed by atoms with Gasteiger partial charge in [0.2, 0.25) is 0 Å².